The molecular formula is C19H24N6O. The van der Waals surface area contributed by atoms with Gasteiger partial charge in [0.1, 0.15) is 12.3 Å². The van der Waals surface area contributed by atoms with E-state index in [0.29, 0.717) is 6.54 Å². The molecule has 0 aliphatic rings. The quantitative estimate of drug-likeness (QED) is 0.503. The van der Waals surface area contributed by atoms with Crippen LogP contribution in [0.1, 0.15) is 18.3 Å². The highest BCUT2D eigenvalue weighted by Crippen LogP contribution is 2.11. The molecule has 0 unspecified atom stereocenters. The molecule has 7 heteroatoms. The van der Waals surface area contributed by atoms with Gasteiger partial charge in [-0.3, -0.25) is 4.40 Å². The van der Waals surface area contributed by atoms with Crippen LogP contribution in [0.3, 0.4) is 0 Å². The second kappa shape index (κ2) is 8.84. The van der Waals surface area contributed by atoms with Crippen LogP contribution in [0, 0.1) is 0 Å². The van der Waals surface area contributed by atoms with E-state index >= 15 is 0 Å². The van der Waals surface area contributed by atoms with Crippen molar-refractivity contribution >= 4 is 11.6 Å². The van der Waals surface area contributed by atoms with Crippen LogP contribution >= 0.6 is 0 Å². The van der Waals surface area contributed by atoms with Gasteiger partial charge in [-0.1, -0.05) is 18.2 Å². The van der Waals surface area contributed by atoms with E-state index in [9.17, 15) is 0 Å². The zero-order valence-corrected chi connectivity index (χ0v) is 15.1. The third-order valence-electron chi connectivity index (χ3n) is 3.97. The summed E-state index contributed by atoms with van der Waals surface area (Å²) in [5.74, 6) is 2.46. The number of hydrogen-bond acceptors (Lipinski definition) is 4. The lowest BCUT2D eigenvalue weighted by molar-refractivity contribution is 0.414. The normalized spacial score (nSPS) is 11.5. The summed E-state index contributed by atoms with van der Waals surface area (Å²) in [7, 11) is 1.67. The van der Waals surface area contributed by atoms with Gasteiger partial charge in [0, 0.05) is 19.3 Å². The van der Waals surface area contributed by atoms with Gasteiger partial charge in [-0.05, 0) is 43.2 Å². The van der Waals surface area contributed by atoms with E-state index in [2.05, 4.69) is 38.0 Å². The number of nitrogens with zero attached hydrogens (tertiary/aromatic N) is 4. The summed E-state index contributed by atoms with van der Waals surface area (Å²) in [5.41, 5.74) is 2.08. The zero-order chi connectivity index (χ0) is 18.2. The summed E-state index contributed by atoms with van der Waals surface area (Å²) in [6, 6.07) is 13.9. The van der Waals surface area contributed by atoms with Gasteiger partial charge >= 0.3 is 0 Å². The molecule has 7 nitrogen and oxygen atoms in total. The molecule has 26 heavy (non-hydrogen) atoms. The molecule has 0 spiro atoms. The Morgan fingerprint density at radius 2 is 1.96 bits per heavy atom. The van der Waals surface area contributed by atoms with Crippen molar-refractivity contribution in [2.24, 2.45) is 4.99 Å². The van der Waals surface area contributed by atoms with Gasteiger partial charge in [0.25, 0.3) is 0 Å². The fourth-order valence-corrected chi connectivity index (χ4v) is 2.61. The average Bonchev–Trinajstić information content (AvgIpc) is 3.10. The molecule has 1 aromatic carbocycles. The molecule has 2 N–H and O–H groups in total. The van der Waals surface area contributed by atoms with Crippen molar-refractivity contribution in [3.05, 3.63) is 60.0 Å². The number of nitrogens with one attached hydrogen (secondary N) is 2. The maximum Gasteiger partial charge on any atom is 0.191 e. The number of rotatable bonds is 7. The molecular weight excluding hydrogens is 328 g/mol. The van der Waals surface area contributed by atoms with Crippen molar-refractivity contribution in [3.63, 3.8) is 0 Å². The Hall–Kier alpha value is -3.09. The maximum atomic E-state index is 5.18. The molecule has 0 saturated heterocycles. The second-order valence-corrected chi connectivity index (χ2v) is 5.77. The van der Waals surface area contributed by atoms with Crippen LogP contribution < -0.4 is 15.4 Å². The molecule has 3 aromatic rings. The van der Waals surface area contributed by atoms with Gasteiger partial charge in [-0.25, -0.2) is 4.99 Å². The molecule has 2 aromatic heterocycles. The summed E-state index contributed by atoms with van der Waals surface area (Å²) >= 11 is 0. The van der Waals surface area contributed by atoms with Gasteiger partial charge in [-0.2, -0.15) is 0 Å². The summed E-state index contributed by atoms with van der Waals surface area (Å²) < 4.78 is 7.13. The lowest BCUT2D eigenvalue weighted by atomic mass is 10.1. The number of ether oxygens (including phenoxy) is 1. The molecule has 0 bridgehead atoms. The third kappa shape index (κ3) is 4.50. The summed E-state index contributed by atoms with van der Waals surface area (Å²) in [4.78, 5) is 4.62. The van der Waals surface area contributed by atoms with E-state index < -0.39 is 0 Å². The highest BCUT2D eigenvalue weighted by Gasteiger charge is 2.04. The largest absolute Gasteiger partial charge is 0.497 e. The SMILES string of the molecule is CCNC(=NCc1nnc2ccccn12)NCCc1ccc(OC)cc1. The smallest absolute Gasteiger partial charge is 0.191 e. The fourth-order valence-electron chi connectivity index (χ4n) is 2.61. The molecule has 0 aliphatic carbocycles. The van der Waals surface area contributed by atoms with Crippen molar-refractivity contribution < 1.29 is 4.74 Å². The molecule has 2 heterocycles. The second-order valence-electron chi connectivity index (χ2n) is 5.77. The van der Waals surface area contributed by atoms with E-state index in [1.165, 1.54) is 5.56 Å². The van der Waals surface area contributed by atoms with Crippen molar-refractivity contribution in [1.29, 1.82) is 0 Å². The average molecular weight is 352 g/mol. The van der Waals surface area contributed by atoms with Crippen LogP contribution in [0.4, 0.5) is 0 Å². The Morgan fingerprint density at radius 1 is 1.12 bits per heavy atom. The Kier molecular flexibility index (Phi) is 6.03. The molecule has 0 atom stereocenters. The first-order valence-electron chi connectivity index (χ1n) is 8.74. The predicted octanol–water partition coefficient (Wildman–Crippen LogP) is 2.04. The minimum atomic E-state index is 0.461. The number of fused-ring (bicyclic) bond motifs is 1. The van der Waals surface area contributed by atoms with E-state index in [4.69, 9.17) is 4.74 Å². The van der Waals surface area contributed by atoms with Crippen LogP contribution in [0.15, 0.2) is 53.7 Å². The minimum absolute atomic E-state index is 0.461. The first-order chi connectivity index (χ1) is 12.8. The maximum absolute atomic E-state index is 5.18. The highest BCUT2D eigenvalue weighted by atomic mass is 16.5. The van der Waals surface area contributed by atoms with E-state index in [1.807, 2.05) is 47.9 Å². The minimum Gasteiger partial charge on any atom is -0.497 e. The van der Waals surface area contributed by atoms with E-state index in [1.54, 1.807) is 7.11 Å². The summed E-state index contributed by atoms with van der Waals surface area (Å²) in [6.07, 6.45) is 2.85. The van der Waals surface area contributed by atoms with Gasteiger partial charge in [0.05, 0.1) is 7.11 Å². The van der Waals surface area contributed by atoms with Crippen molar-refractivity contribution in [1.82, 2.24) is 25.2 Å². The van der Waals surface area contributed by atoms with Crippen molar-refractivity contribution in [2.45, 2.75) is 19.9 Å². The van der Waals surface area contributed by atoms with Gasteiger partial charge in [0.2, 0.25) is 0 Å². The van der Waals surface area contributed by atoms with Crippen LogP contribution in [-0.4, -0.2) is 40.8 Å². The molecule has 0 aliphatic heterocycles. The fraction of sp³-hybridized carbons (Fsp3) is 0.316. The molecule has 0 fully saturated rings. The van der Waals surface area contributed by atoms with E-state index in [0.717, 1.165) is 42.7 Å². The Labute approximate surface area is 153 Å². The molecule has 0 radical (unpaired) electrons. The number of aromatic nitrogens is 3. The Morgan fingerprint density at radius 3 is 2.73 bits per heavy atom. The molecule has 0 amide bonds. The Balaban J connectivity index is 1.58. The lowest BCUT2D eigenvalue weighted by Gasteiger charge is -2.11. The monoisotopic (exact) mass is 352 g/mol. The van der Waals surface area contributed by atoms with Crippen molar-refractivity contribution in [2.75, 3.05) is 20.2 Å². The zero-order valence-electron chi connectivity index (χ0n) is 15.1. The number of aliphatic imine (C=N–C) groups is 1. The topological polar surface area (TPSA) is 75.8 Å². The van der Waals surface area contributed by atoms with Gasteiger partial charge in [-0.15, -0.1) is 10.2 Å². The number of guanidine groups is 1. The molecule has 0 saturated carbocycles. The van der Waals surface area contributed by atoms with Crippen LogP contribution in [0.25, 0.3) is 5.65 Å². The number of pyridine rings is 1. The number of hydrogen-bond donors (Lipinski definition) is 2. The third-order valence-corrected chi connectivity index (χ3v) is 3.97. The molecule has 136 valence electrons. The Bertz CT molecular complexity index is 856. The summed E-state index contributed by atoms with van der Waals surface area (Å²) in [6.45, 7) is 4.10. The van der Waals surface area contributed by atoms with Crippen LogP contribution in [-0.2, 0) is 13.0 Å². The van der Waals surface area contributed by atoms with Gasteiger partial charge < -0.3 is 15.4 Å². The van der Waals surface area contributed by atoms with Crippen molar-refractivity contribution in [3.8, 4) is 5.75 Å². The first-order valence-corrected chi connectivity index (χ1v) is 8.74. The number of methoxy groups -OCH3 is 1. The molecule has 3 rings (SSSR count). The predicted molar refractivity (Wildman–Crippen MR) is 103 cm³/mol. The lowest BCUT2D eigenvalue weighted by Crippen LogP contribution is -2.38. The van der Waals surface area contributed by atoms with Gasteiger partial charge in [0.15, 0.2) is 17.4 Å². The number of benzene rings is 1. The first kappa shape index (κ1) is 17.7. The standard InChI is InChI=1S/C19H24N6O/c1-3-20-19(21-12-11-15-7-9-16(26-2)10-8-15)22-14-18-24-23-17-6-4-5-13-25(17)18/h4-10,13H,3,11-12,14H2,1-2H3,(H2,20,21,22). The van der Waals surface area contributed by atoms with E-state index in [-0.39, 0.29) is 0 Å². The summed E-state index contributed by atoms with van der Waals surface area (Å²) in [5, 5.41) is 15.0. The van der Waals surface area contributed by atoms with Crippen LogP contribution in [0.5, 0.6) is 5.75 Å². The highest BCUT2D eigenvalue weighted by molar-refractivity contribution is 5.79. The van der Waals surface area contributed by atoms with Crippen LogP contribution in [0.2, 0.25) is 0 Å².